The molecule has 0 spiro atoms. The van der Waals surface area contributed by atoms with E-state index >= 15 is 0 Å². The highest BCUT2D eigenvalue weighted by atomic mass is 35.5. The van der Waals surface area contributed by atoms with E-state index in [9.17, 15) is 4.79 Å². The first-order chi connectivity index (χ1) is 12.2. The number of carbonyl (C=O) groups excluding carboxylic acids is 1. The lowest BCUT2D eigenvalue weighted by molar-refractivity contribution is 0.104. The molecule has 0 saturated carbocycles. The van der Waals surface area contributed by atoms with E-state index in [0.717, 1.165) is 16.7 Å². The Hall–Kier alpha value is -3.08. The molecule has 0 atom stereocenters. The van der Waals surface area contributed by atoms with E-state index in [0.29, 0.717) is 10.6 Å². The van der Waals surface area contributed by atoms with E-state index in [2.05, 4.69) is 11.8 Å². The third-order valence-electron chi connectivity index (χ3n) is 3.61. The first-order valence-corrected chi connectivity index (χ1v) is 8.24. The molecule has 1 nitrogen and oxygen atoms in total. The lowest BCUT2D eigenvalue weighted by Gasteiger charge is -1.98. The number of ketones is 1. The molecule has 3 aromatic rings. The molecule has 25 heavy (non-hydrogen) atoms. The molecule has 2 heteroatoms. The second kappa shape index (κ2) is 8.15. The molecular formula is C23H15ClO. The maximum atomic E-state index is 12.3. The standard InChI is InChI=1S/C23H15ClO/c24-22-9-5-4-8-20(22)16-17-23(25)21-14-12-19(13-15-21)11-10-18-6-2-1-3-7-18/h1-9,12-17H/b17-16+. The minimum atomic E-state index is -0.0671. The van der Waals surface area contributed by atoms with Crippen molar-refractivity contribution in [2.24, 2.45) is 0 Å². The van der Waals surface area contributed by atoms with Gasteiger partial charge in [0.15, 0.2) is 5.78 Å². The number of rotatable bonds is 3. The van der Waals surface area contributed by atoms with Gasteiger partial charge in [0.1, 0.15) is 0 Å². The maximum Gasteiger partial charge on any atom is 0.185 e. The highest BCUT2D eigenvalue weighted by molar-refractivity contribution is 6.32. The molecular weight excluding hydrogens is 328 g/mol. The zero-order valence-electron chi connectivity index (χ0n) is 13.4. The SMILES string of the molecule is O=C(/C=C/c1ccccc1Cl)c1ccc(C#Cc2ccccc2)cc1. The van der Waals surface area contributed by atoms with Crippen molar-refractivity contribution in [1.82, 2.24) is 0 Å². The Kier molecular flexibility index (Phi) is 5.46. The molecule has 0 unspecified atom stereocenters. The summed E-state index contributed by atoms with van der Waals surface area (Å²) in [6.45, 7) is 0. The van der Waals surface area contributed by atoms with Crippen molar-refractivity contribution in [3.05, 3.63) is 112 Å². The highest BCUT2D eigenvalue weighted by Gasteiger charge is 2.02. The predicted octanol–water partition coefficient (Wildman–Crippen LogP) is 5.64. The molecule has 0 heterocycles. The second-order valence-corrected chi connectivity index (χ2v) is 5.82. The van der Waals surface area contributed by atoms with E-state index in [-0.39, 0.29) is 5.78 Å². The zero-order chi connectivity index (χ0) is 17.5. The highest BCUT2D eigenvalue weighted by Crippen LogP contribution is 2.16. The topological polar surface area (TPSA) is 17.1 Å². The van der Waals surface area contributed by atoms with Gasteiger partial charge < -0.3 is 0 Å². The van der Waals surface area contributed by atoms with E-state index < -0.39 is 0 Å². The van der Waals surface area contributed by atoms with Gasteiger partial charge in [-0.2, -0.15) is 0 Å². The minimum absolute atomic E-state index is 0.0671. The summed E-state index contributed by atoms with van der Waals surface area (Å²) in [7, 11) is 0. The molecule has 0 aromatic heterocycles. The van der Waals surface area contributed by atoms with Gasteiger partial charge in [0.25, 0.3) is 0 Å². The van der Waals surface area contributed by atoms with Crippen LogP contribution >= 0.6 is 11.6 Å². The van der Waals surface area contributed by atoms with Crippen LogP contribution < -0.4 is 0 Å². The summed E-state index contributed by atoms with van der Waals surface area (Å²) in [6, 6.07) is 24.5. The fraction of sp³-hybridized carbons (Fsp3) is 0. The minimum Gasteiger partial charge on any atom is -0.289 e. The molecule has 0 aliphatic carbocycles. The summed E-state index contributed by atoms with van der Waals surface area (Å²) < 4.78 is 0. The van der Waals surface area contributed by atoms with E-state index in [1.54, 1.807) is 24.3 Å². The van der Waals surface area contributed by atoms with Crippen molar-refractivity contribution in [2.75, 3.05) is 0 Å². The molecule has 0 fully saturated rings. The largest absolute Gasteiger partial charge is 0.289 e. The van der Waals surface area contributed by atoms with Crippen LogP contribution in [0, 0.1) is 11.8 Å². The third kappa shape index (κ3) is 4.70. The predicted molar refractivity (Wildman–Crippen MR) is 104 cm³/mol. The number of allylic oxidation sites excluding steroid dienone is 1. The number of halogens is 1. The van der Waals surface area contributed by atoms with Crippen LogP contribution in [0.2, 0.25) is 5.02 Å². The Bertz CT molecular complexity index is 958. The molecule has 0 bridgehead atoms. The number of hydrogen-bond donors (Lipinski definition) is 0. The van der Waals surface area contributed by atoms with Crippen LogP contribution in [0.15, 0.2) is 84.9 Å². The van der Waals surface area contributed by atoms with Gasteiger partial charge in [0, 0.05) is 21.7 Å². The summed E-state index contributed by atoms with van der Waals surface area (Å²) >= 11 is 6.08. The molecule has 3 aromatic carbocycles. The van der Waals surface area contributed by atoms with Crippen LogP contribution in [0.3, 0.4) is 0 Å². The molecule has 0 aliphatic heterocycles. The van der Waals surface area contributed by atoms with Crippen molar-refractivity contribution in [3.63, 3.8) is 0 Å². The fourth-order valence-electron chi connectivity index (χ4n) is 2.26. The Labute approximate surface area is 152 Å². The normalized spacial score (nSPS) is 10.3. The van der Waals surface area contributed by atoms with Gasteiger partial charge in [-0.15, -0.1) is 0 Å². The van der Waals surface area contributed by atoms with Crippen molar-refractivity contribution in [3.8, 4) is 11.8 Å². The summed E-state index contributed by atoms with van der Waals surface area (Å²) in [5.41, 5.74) is 3.28. The Morgan fingerprint density at radius 3 is 2.04 bits per heavy atom. The summed E-state index contributed by atoms with van der Waals surface area (Å²) in [6.07, 6.45) is 3.26. The number of benzene rings is 3. The van der Waals surface area contributed by atoms with Crippen LogP contribution in [0.25, 0.3) is 6.08 Å². The number of carbonyl (C=O) groups is 1. The van der Waals surface area contributed by atoms with Gasteiger partial charge in [0.2, 0.25) is 0 Å². The quantitative estimate of drug-likeness (QED) is 0.342. The van der Waals surface area contributed by atoms with Crippen molar-refractivity contribution in [1.29, 1.82) is 0 Å². The van der Waals surface area contributed by atoms with Gasteiger partial charge >= 0.3 is 0 Å². The Morgan fingerprint density at radius 1 is 0.760 bits per heavy atom. The number of hydrogen-bond acceptors (Lipinski definition) is 1. The van der Waals surface area contributed by atoms with E-state index in [1.807, 2.05) is 60.7 Å². The van der Waals surface area contributed by atoms with E-state index in [1.165, 1.54) is 6.08 Å². The fourth-order valence-corrected chi connectivity index (χ4v) is 2.45. The Morgan fingerprint density at radius 2 is 1.36 bits per heavy atom. The van der Waals surface area contributed by atoms with Gasteiger partial charge in [-0.3, -0.25) is 4.79 Å². The summed E-state index contributed by atoms with van der Waals surface area (Å²) in [4.78, 5) is 12.3. The van der Waals surface area contributed by atoms with Gasteiger partial charge in [0.05, 0.1) is 0 Å². The molecule has 0 radical (unpaired) electrons. The van der Waals surface area contributed by atoms with Crippen molar-refractivity contribution >= 4 is 23.5 Å². The summed E-state index contributed by atoms with van der Waals surface area (Å²) in [5.74, 6) is 6.13. The van der Waals surface area contributed by atoms with Crippen LogP contribution in [0.5, 0.6) is 0 Å². The van der Waals surface area contributed by atoms with Crippen LogP contribution in [0.4, 0.5) is 0 Å². The van der Waals surface area contributed by atoms with Crippen molar-refractivity contribution < 1.29 is 4.79 Å². The van der Waals surface area contributed by atoms with Crippen LogP contribution in [-0.4, -0.2) is 5.78 Å². The molecule has 0 saturated heterocycles. The van der Waals surface area contributed by atoms with Crippen LogP contribution in [0.1, 0.15) is 27.0 Å². The lowest BCUT2D eigenvalue weighted by Crippen LogP contribution is -1.93. The third-order valence-corrected chi connectivity index (χ3v) is 3.96. The monoisotopic (exact) mass is 342 g/mol. The first kappa shape index (κ1) is 16.8. The molecule has 0 aliphatic rings. The summed E-state index contributed by atoms with van der Waals surface area (Å²) in [5, 5.41) is 0.623. The smallest absolute Gasteiger partial charge is 0.185 e. The second-order valence-electron chi connectivity index (χ2n) is 5.41. The van der Waals surface area contributed by atoms with Gasteiger partial charge in [-0.05, 0) is 60.2 Å². The first-order valence-electron chi connectivity index (χ1n) is 7.86. The van der Waals surface area contributed by atoms with Gasteiger partial charge in [-0.25, -0.2) is 0 Å². The van der Waals surface area contributed by atoms with Gasteiger partial charge in [-0.1, -0.05) is 59.8 Å². The molecule has 0 amide bonds. The van der Waals surface area contributed by atoms with E-state index in [4.69, 9.17) is 11.6 Å². The zero-order valence-corrected chi connectivity index (χ0v) is 14.2. The van der Waals surface area contributed by atoms with Crippen LogP contribution in [-0.2, 0) is 0 Å². The average Bonchev–Trinajstić information content (AvgIpc) is 2.67. The molecule has 0 N–H and O–H groups in total. The average molecular weight is 343 g/mol. The van der Waals surface area contributed by atoms with Crippen molar-refractivity contribution in [2.45, 2.75) is 0 Å². The molecule has 120 valence electrons. The molecule has 3 rings (SSSR count). The lowest BCUT2D eigenvalue weighted by atomic mass is 10.1. The Balaban J connectivity index is 1.71. The maximum absolute atomic E-state index is 12.3.